The maximum Gasteiger partial charge on any atom is 0.135 e. The van der Waals surface area contributed by atoms with Crippen molar-refractivity contribution in [3.05, 3.63) is 259 Å². The van der Waals surface area contributed by atoms with Gasteiger partial charge in [-0.25, -0.2) is 0 Å². The van der Waals surface area contributed by atoms with E-state index in [9.17, 15) is 0 Å². The van der Waals surface area contributed by atoms with Crippen molar-refractivity contribution < 1.29 is 4.74 Å². The summed E-state index contributed by atoms with van der Waals surface area (Å²) in [4.78, 5) is 2.42. The second kappa shape index (κ2) is 13.9. The molecule has 0 bridgehead atoms. The first-order valence-electron chi connectivity index (χ1n) is 21.8. The molecule has 0 atom stereocenters. The molecular weight excluding hydrogens is 763 g/mol. The summed E-state index contributed by atoms with van der Waals surface area (Å²) in [5, 5.41) is 0. The molecule has 13 rings (SSSR count). The van der Waals surface area contributed by atoms with Crippen molar-refractivity contribution >= 4 is 17.1 Å². The molecule has 294 valence electrons. The molecule has 0 fully saturated rings. The monoisotopic (exact) mass is 801 g/mol. The van der Waals surface area contributed by atoms with Gasteiger partial charge in [-0.05, 0) is 126 Å². The predicted molar refractivity (Wildman–Crippen MR) is 259 cm³/mol. The molecule has 0 saturated heterocycles. The van der Waals surface area contributed by atoms with Gasteiger partial charge in [0.25, 0.3) is 0 Å². The Morgan fingerprint density at radius 3 is 1.22 bits per heavy atom. The first-order chi connectivity index (χ1) is 31.3. The minimum Gasteiger partial charge on any atom is -0.456 e. The van der Waals surface area contributed by atoms with E-state index in [1.54, 1.807) is 0 Å². The summed E-state index contributed by atoms with van der Waals surface area (Å²) < 4.78 is 6.61. The van der Waals surface area contributed by atoms with Gasteiger partial charge < -0.3 is 9.64 Å². The van der Waals surface area contributed by atoms with Crippen molar-refractivity contribution in [2.45, 2.75) is 5.41 Å². The van der Waals surface area contributed by atoms with Crippen LogP contribution in [0.25, 0.3) is 66.8 Å². The van der Waals surface area contributed by atoms with E-state index in [4.69, 9.17) is 4.74 Å². The number of hydrogen-bond acceptors (Lipinski definition) is 2. The topological polar surface area (TPSA) is 12.5 Å². The fraction of sp³-hybridized carbons (Fsp3) is 0.0164. The lowest BCUT2D eigenvalue weighted by molar-refractivity contribution is 0.488. The highest BCUT2D eigenvalue weighted by molar-refractivity contribution is 5.99. The van der Waals surface area contributed by atoms with E-state index in [2.05, 4.69) is 235 Å². The Morgan fingerprint density at radius 2 is 0.635 bits per heavy atom. The maximum atomic E-state index is 6.61. The lowest BCUT2D eigenvalue weighted by Crippen LogP contribution is -2.29. The van der Waals surface area contributed by atoms with Crippen LogP contribution in [0.15, 0.2) is 237 Å². The molecule has 2 heteroatoms. The number of benzene rings is 10. The summed E-state index contributed by atoms with van der Waals surface area (Å²) in [6.07, 6.45) is 0. The normalized spacial score (nSPS) is 13.0. The van der Waals surface area contributed by atoms with Crippen molar-refractivity contribution in [1.29, 1.82) is 0 Å². The van der Waals surface area contributed by atoms with Crippen LogP contribution in [0.1, 0.15) is 22.3 Å². The van der Waals surface area contributed by atoms with Crippen molar-refractivity contribution in [2.75, 3.05) is 4.90 Å². The Kier molecular flexibility index (Phi) is 7.85. The zero-order chi connectivity index (χ0) is 41.5. The highest BCUT2D eigenvalue weighted by atomic mass is 16.5. The van der Waals surface area contributed by atoms with Crippen LogP contribution in [0.4, 0.5) is 17.1 Å². The van der Waals surface area contributed by atoms with Crippen LogP contribution in [-0.2, 0) is 5.41 Å². The summed E-state index contributed by atoms with van der Waals surface area (Å²) in [7, 11) is 0. The summed E-state index contributed by atoms with van der Waals surface area (Å²) >= 11 is 0. The van der Waals surface area contributed by atoms with E-state index in [1.807, 2.05) is 6.07 Å². The Labute approximate surface area is 367 Å². The third-order valence-electron chi connectivity index (χ3n) is 13.5. The fourth-order valence-corrected chi connectivity index (χ4v) is 10.9. The molecule has 1 aliphatic heterocycles. The van der Waals surface area contributed by atoms with Crippen LogP contribution < -0.4 is 9.64 Å². The molecule has 10 aromatic carbocycles. The molecule has 1 heterocycles. The van der Waals surface area contributed by atoms with Crippen LogP contribution in [0.2, 0.25) is 0 Å². The first kappa shape index (κ1) is 35.5. The fourth-order valence-electron chi connectivity index (χ4n) is 10.9. The summed E-state index contributed by atoms with van der Waals surface area (Å²) in [5.41, 5.74) is 22.3. The lowest BCUT2D eigenvalue weighted by Gasteiger charge is -2.35. The molecule has 1 spiro atoms. The third-order valence-corrected chi connectivity index (χ3v) is 13.5. The number of nitrogens with zero attached hydrogens (tertiary/aromatic N) is 1. The van der Waals surface area contributed by atoms with Crippen LogP contribution in [0.5, 0.6) is 11.5 Å². The number of fused-ring (bicyclic) bond motifs is 17. The maximum absolute atomic E-state index is 6.61. The Bertz CT molecular complexity index is 3370. The molecule has 63 heavy (non-hydrogen) atoms. The van der Waals surface area contributed by atoms with E-state index in [0.717, 1.165) is 50.8 Å². The van der Waals surface area contributed by atoms with Crippen molar-refractivity contribution in [3.63, 3.8) is 0 Å². The minimum atomic E-state index is -0.542. The molecule has 2 nitrogen and oxygen atoms in total. The van der Waals surface area contributed by atoms with Gasteiger partial charge in [0.05, 0.1) is 5.41 Å². The van der Waals surface area contributed by atoms with Crippen molar-refractivity contribution in [3.8, 4) is 78.3 Å². The molecule has 0 radical (unpaired) electrons. The number of anilines is 3. The van der Waals surface area contributed by atoms with E-state index >= 15 is 0 Å². The van der Waals surface area contributed by atoms with Gasteiger partial charge in [0.1, 0.15) is 11.5 Å². The zero-order valence-electron chi connectivity index (χ0n) is 34.4. The number of hydrogen-bond donors (Lipinski definition) is 0. The third kappa shape index (κ3) is 5.25. The van der Waals surface area contributed by atoms with Crippen LogP contribution in [0.3, 0.4) is 0 Å². The predicted octanol–water partition coefficient (Wildman–Crippen LogP) is 16.3. The van der Waals surface area contributed by atoms with E-state index < -0.39 is 5.41 Å². The Balaban J connectivity index is 1.06. The van der Waals surface area contributed by atoms with E-state index in [1.165, 1.54) is 66.8 Å². The SMILES string of the molecule is c1ccc(-c2ccc(N(c3ccc4c(c3)-c3ccccc3Oc3ccccc3-4)c3ccc4c(c3)-c3ccccc3C43c4ccccc4-c4ccccc4-c4ccccc43)cc2)cc1. The number of rotatable bonds is 4. The average Bonchev–Trinajstić information content (AvgIpc) is 3.49. The number of ether oxygens (including phenoxy) is 1. The van der Waals surface area contributed by atoms with Gasteiger partial charge in [0.15, 0.2) is 0 Å². The van der Waals surface area contributed by atoms with Gasteiger partial charge in [-0.15, -0.1) is 0 Å². The standard InChI is InChI=1S/C61H39NO/c1-2-16-40(17-3-1)41-30-32-42(33-31-41)62(43-34-36-47-51-23-9-14-28-59(51)63-60-29-15-10-24-52(60)53(47)38-43)44-35-37-58-54(39-44)50-22-8-13-27-57(50)61(58)55-25-11-6-20-48(55)45-18-4-5-19-46(45)49-21-7-12-26-56(49)61/h1-39H. The largest absolute Gasteiger partial charge is 0.456 e. The highest BCUT2D eigenvalue weighted by Gasteiger charge is 2.49. The molecule has 0 aromatic heterocycles. The Morgan fingerprint density at radius 1 is 0.254 bits per heavy atom. The molecule has 0 unspecified atom stereocenters. The summed E-state index contributed by atoms with van der Waals surface area (Å²) in [6.45, 7) is 0. The average molecular weight is 802 g/mol. The van der Waals surface area contributed by atoms with Crippen molar-refractivity contribution in [2.24, 2.45) is 0 Å². The first-order valence-corrected chi connectivity index (χ1v) is 21.8. The molecule has 2 aliphatic carbocycles. The second-order valence-electron chi connectivity index (χ2n) is 16.7. The lowest BCUT2D eigenvalue weighted by atomic mass is 9.66. The van der Waals surface area contributed by atoms with E-state index in [0.29, 0.717) is 0 Å². The van der Waals surface area contributed by atoms with Gasteiger partial charge >= 0.3 is 0 Å². The van der Waals surface area contributed by atoms with Gasteiger partial charge in [-0.3, -0.25) is 0 Å². The number of para-hydroxylation sites is 2. The molecule has 0 amide bonds. The van der Waals surface area contributed by atoms with Crippen LogP contribution in [-0.4, -0.2) is 0 Å². The Hall–Kier alpha value is -8.20. The second-order valence-corrected chi connectivity index (χ2v) is 16.7. The zero-order valence-corrected chi connectivity index (χ0v) is 34.4. The molecule has 0 N–H and O–H groups in total. The van der Waals surface area contributed by atoms with Crippen LogP contribution >= 0.6 is 0 Å². The highest BCUT2D eigenvalue weighted by Crippen LogP contribution is 2.62. The van der Waals surface area contributed by atoms with Crippen LogP contribution in [0, 0.1) is 0 Å². The molecular formula is C61H39NO. The smallest absolute Gasteiger partial charge is 0.135 e. The van der Waals surface area contributed by atoms with E-state index in [-0.39, 0.29) is 0 Å². The summed E-state index contributed by atoms with van der Waals surface area (Å²) in [6, 6.07) is 86.7. The molecule has 0 saturated carbocycles. The molecule has 10 aromatic rings. The molecule has 3 aliphatic rings. The van der Waals surface area contributed by atoms with Gasteiger partial charge in [0.2, 0.25) is 0 Å². The van der Waals surface area contributed by atoms with Gasteiger partial charge in [-0.2, -0.15) is 0 Å². The van der Waals surface area contributed by atoms with Gasteiger partial charge in [-0.1, -0.05) is 188 Å². The van der Waals surface area contributed by atoms with Crippen molar-refractivity contribution in [1.82, 2.24) is 0 Å². The quantitative estimate of drug-likeness (QED) is 0.176. The van der Waals surface area contributed by atoms with Gasteiger partial charge in [0, 0.05) is 28.2 Å². The minimum absolute atomic E-state index is 0.542. The summed E-state index contributed by atoms with van der Waals surface area (Å²) in [5.74, 6) is 1.71.